The monoisotopic (exact) mass is 306 g/mol. The highest BCUT2D eigenvalue weighted by molar-refractivity contribution is 5.78. The van der Waals surface area contributed by atoms with Crippen molar-refractivity contribution >= 4 is 11.8 Å². The van der Waals surface area contributed by atoms with E-state index in [0.717, 1.165) is 12.8 Å². The Bertz CT molecular complexity index is 484. The van der Waals surface area contributed by atoms with E-state index in [9.17, 15) is 9.59 Å². The van der Waals surface area contributed by atoms with Gasteiger partial charge >= 0.3 is 0 Å². The summed E-state index contributed by atoms with van der Waals surface area (Å²) in [6, 6.07) is 9.34. The lowest BCUT2D eigenvalue weighted by atomic mass is 10.1. The lowest BCUT2D eigenvalue weighted by molar-refractivity contribution is -0.136. The summed E-state index contributed by atoms with van der Waals surface area (Å²) in [7, 11) is 1.51. The number of piperidine rings is 1. The van der Waals surface area contributed by atoms with Crippen molar-refractivity contribution in [2.24, 2.45) is 0 Å². The Labute approximate surface area is 130 Å². The van der Waals surface area contributed by atoms with Gasteiger partial charge in [0.25, 0.3) is 5.91 Å². The molecule has 0 bridgehead atoms. The topological polar surface area (TPSA) is 67.9 Å². The Balaban J connectivity index is 1.67. The molecule has 22 heavy (non-hydrogen) atoms. The van der Waals surface area contributed by atoms with E-state index >= 15 is 0 Å². The number of benzene rings is 1. The molecule has 0 aliphatic carbocycles. The van der Waals surface area contributed by atoms with Crippen molar-refractivity contribution in [3.05, 3.63) is 30.3 Å². The molecule has 1 heterocycles. The highest BCUT2D eigenvalue weighted by Gasteiger charge is 2.23. The van der Waals surface area contributed by atoms with E-state index < -0.39 is 0 Å². The second-order valence-corrected chi connectivity index (χ2v) is 5.26. The Morgan fingerprint density at radius 2 is 1.86 bits per heavy atom. The fourth-order valence-electron chi connectivity index (χ4n) is 2.42. The van der Waals surface area contributed by atoms with E-state index in [1.807, 2.05) is 30.3 Å². The zero-order valence-electron chi connectivity index (χ0n) is 12.8. The number of nitrogens with one attached hydrogen (secondary N) is 1. The summed E-state index contributed by atoms with van der Waals surface area (Å²) < 4.78 is 10.3. The number of para-hydroxylation sites is 1. The van der Waals surface area contributed by atoms with Crippen molar-refractivity contribution in [3.8, 4) is 5.75 Å². The van der Waals surface area contributed by atoms with Gasteiger partial charge in [0.05, 0.1) is 0 Å². The average Bonchev–Trinajstić information content (AvgIpc) is 2.55. The number of nitrogens with zero attached hydrogens (tertiary/aromatic N) is 1. The summed E-state index contributed by atoms with van der Waals surface area (Å²) in [6.07, 6.45) is 1.51. The Morgan fingerprint density at radius 3 is 2.50 bits per heavy atom. The fraction of sp³-hybridized carbons (Fsp3) is 0.500. The van der Waals surface area contributed by atoms with Crippen LogP contribution in [0.5, 0.6) is 5.75 Å². The number of rotatable bonds is 6. The van der Waals surface area contributed by atoms with Crippen molar-refractivity contribution in [2.45, 2.75) is 18.9 Å². The number of hydrogen-bond donors (Lipinski definition) is 1. The molecule has 120 valence electrons. The molecule has 1 aliphatic heterocycles. The average molecular weight is 306 g/mol. The summed E-state index contributed by atoms with van der Waals surface area (Å²) in [5.74, 6) is 0.544. The van der Waals surface area contributed by atoms with Gasteiger partial charge in [-0.25, -0.2) is 0 Å². The van der Waals surface area contributed by atoms with E-state index in [4.69, 9.17) is 9.47 Å². The molecule has 1 aliphatic rings. The van der Waals surface area contributed by atoms with Gasteiger partial charge in [-0.05, 0) is 25.0 Å². The molecule has 0 aromatic heterocycles. The maximum atomic E-state index is 11.9. The second-order valence-electron chi connectivity index (χ2n) is 5.26. The van der Waals surface area contributed by atoms with Crippen LogP contribution in [0.15, 0.2) is 30.3 Å². The van der Waals surface area contributed by atoms with Crippen molar-refractivity contribution in [2.75, 3.05) is 33.4 Å². The SMILES string of the molecule is COCC(=O)N1CCC(NC(=O)COc2ccccc2)CC1. The summed E-state index contributed by atoms with van der Waals surface area (Å²) in [6.45, 7) is 1.41. The van der Waals surface area contributed by atoms with Gasteiger partial charge in [-0.1, -0.05) is 18.2 Å². The predicted molar refractivity (Wildman–Crippen MR) is 81.6 cm³/mol. The first kappa shape index (κ1) is 16.3. The molecule has 1 saturated heterocycles. The first-order chi connectivity index (χ1) is 10.7. The van der Waals surface area contributed by atoms with E-state index in [1.165, 1.54) is 7.11 Å². The Morgan fingerprint density at radius 1 is 1.18 bits per heavy atom. The first-order valence-electron chi connectivity index (χ1n) is 7.43. The zero-order chi connectivity index (χ0) is 15.8. The molecule has 6 nitrogen and oxygen atoms in total. The minimum atomic E-state index is -0.134. The fourth-order valence-corrected chi connectivity index (χ4v) is 2.42. The quantitative estimate of drug-likeness (QED) is 0.845. The third kappa shape index (κ3) is 5.04. The Kier molecular flexibility index (Phi) is 6.21. The molecular formula is C16H22N2O4. The van der Waals surface area contributed by atoms with Gasteiger partial charge in [0, 0.05) is 26.2 Å². The molecule has 0 atom stereocenters. The van der Waals surface area contributed by atoms with Crippen LogP contribution in [0.3, 0.4) is 0 Å². The number of methoxy groups -OCH3 is 1. The van der Waals surface area contributed by atoms with Crippen molar-refractivity contribution in [1.29, 1.82) is 0 Å². The largest absolute Gasteiger partial charge is 0.484 e. The molecule has 0 saturated carbocycles. The van der Waals surface area contributed by atoms with Crippen LogP contribution in [0.25, 0.3) is 0 Å². The molecule has 2 rings (SSSR count). The number of hydrogen-bond acceptors (Lipinski definition) is 4. The van der Waals surface area contributed by atoms with E-state index in [0.29, 0.717) is 18.8 Å². The molecule has 0 radical (unpaired) electrons. The van der Waals surface area contributed by atoms with Crippen molar-refractivity contribution in [3.63, 3.8) is 0 Å². The van der Waals surface area contributed by atoms with Gasteiger partial charge in [0.2, 0.25) is 5.91 Å². The number of amides is 2. The van der Waals surface area contributed by atoms with Crippen LogP contribution in [0, 0.1) is 0 Å². The maximum Gasteiger partial charge on any atom is 0.258 e. The van der Waals surface area contributed by atoms with Crippen LogP contribution in [0.1, 0.15) is 12.8 Å². The molecular weight excluding hydrogens is 284 g/mol. The number of carbonyl (C=O) groups is 2. The molecule has 0 unspecified atom stereocenters. The maximum absolute atomic E-state index is 11.9. The van der Waals surface area contributed by atoms with Crippen LogP contribution in [0.4, 0.5) is 0 Å². The van der Waals surface area contributed by atoms with Crippen LogP contribution >= 0.6 is 0 Å². The summed E-state index contributed by atoms with van der Waals surface area (Å²) >= 11 is 0. The highest BCUT2D eigenvalue weighted by atomic mass is 16.5. The van der Waals surface area contributed by atoms with Crippen LogP contribution in [0.2, 0.25) is 0 Å². The van der Waals surface area contributed by atoms with E-state index in [-0.39, 0.29) is 31.1 Å². The van der Waals surface area contributed by atoms with Gasteiger partial charge in [-0.2, -0.15) is 0 Å². The second kappa shape index (κ2) is 8.38. The van der Waals surface area contributed by atoms with Gasteiger partial charge in [0.1, 0.15) is 12.4 Å². The van der Waals surface area contributed by atoms with Crippen LogP contribution in [-0.2, 0) is 14.3 Å². The minimum absolute atomic E-state index is 0.000289. The molecule has 1 aromatic rings. The van der Waals surface area contributed by atoms with Gasteiger partial charge < -0.3 is 19.7 Å². The molecule has 0 spiro atoms. The summed E-state index contributed by atoms with van der Waals surface area (Å²) in [5, 5.41) is 2.95. The number of carbonyl (C=O) groups excluding carboxylic acids is 2. The summed E-state index contributed by atoms with van der Waals surface area (Å²) in [4.78, 5) is 25.3. The molecule has 2 amide bonds. The minimum Gasteiger partial charge on any atom is -0.484 e. The molecule has 1 fully saturated rings. The Hall–Kier alpha value is -2.08. The first-order valence-corrected chi connectivity index (χ1v) is 7.43. The molecule has 1 N–H and O–H groups in total. The smallest absolute Gasteiger partial charge is 0.258 e. The van der Waals surface area contributed by atoms with Crippen molar-refractivity contribution in [1.82, 2.24) is 10.2 Å². The molecule has 6 heteroatoms. The summed E-state index contributed by atoms with van der Waals surface area (Å²) in [5.41, 5.74) is 0. The van der Waals surface area contributed by atoms with Crippen LogP contribution < -0.4 is 10.1 Å². The van der Waals surface area contributed by atoms with E-state index in [1.54, 1.807) is 4.90 Å². The standard InChI is InChI=1S/C16H22N2O4/c1-21-12-16(20)18-9-7-13(8-10-18)17-15(19)11-22-14-5-3-2-4-6-14/h2-6,13H,7-12H2,1H3,(H,17,19). The third-order valence-electron chi connectivity index (χ3n) is 3.59. The van der Waals surface area contributed by atoms with E-state index in [2.05, 4.69) is 5.32 Å². The molecule has 1 aromatic carbocycles. The van der Waals surface area contributed by atoms with Crippen LogP contribution in [-0.4, -0.2) is 56.2 Å². The lowest BCUT2D eigenvalue weighted by Crippen LogP contribution is -2.48. The van der Waals surface area contributed by atoms with Gasteiger partial charge in [0.15, 0.2) is 6.61 Å². The zero-order valence-corrected chi connectivity index (χ0v) is 12.8. The predicted octanol–water partition coefficient (Wildman–Crippen LogP) is 0.819. The lowest BCUT2D eigenvalue weighted by Gasteiger charge is -2.32. The normalized spacial score (nSPS) is 15.4. The number of likely N-dealkylation sites (tertiary alicyclic amines) is 1. The van der Waals surface area contributed by atoms with Gasteiger partial charge in [-0.3, -0.25) is 9.59 Å². The van der Waals surface area contributed by atoms with Gasteiger partial charge in [-0.15, -0.1) is 0 Å². The number of ether oxygens (including phenoxy) is 2. The third-order valence-corrected chi connectivity index (χ3v) is 3.59. The van der Waals surface area contributed by atoms with Crippen molar-refractivity contribution < 1.29 is 19.1 Å². The highest BCUT2D eigenvalue weighted by Crippen LogP contribution is 2.11.